The number of hydrogen-bond donors (Lipinski definition) is 2. The Kier molecular flexibility index (Phi) is 7.05. The van der Waals surface area contributed by atoms with Crippen molar-refractivity contribution in [3.05, 3.63) is 35.9 Å². The van der Waals surface area contributed by atoms with Crippen LogP contribution in [0.25, 0.3) is 0 Å². The van der Waals surface area contributed by atoms with Gasteiger partial charge in [-0.05, 0) is 43.8 Å². The number of carbonyl (C=O) groups excluding carboxylic acids is 1. The third-order valence-corrected chi connectivity index (χ3v) is 5.81. The van der Waals surface area contributed by atoms with Crippen LogP contribution in [0.4, 0.5) is 0 Å². The molecule has 23 heavy (non-hydrogen) atoms. The minimum Gasteiger partial charge on any atom is -0.356 e. The second-order valence-corrected chi connectivity index (χ2v) is 8.36. The summed E-state index contributed by atoms with van der Waals surface area (Å²) in [5.74, 6) is 0.801. The number of sulfone groups is 1. The van der Waals surface area contributed by atoms with Gasteiger partial charge in [-0.1, -0.05) is 30.3 Å². The summed E-state index contributed by atoms with van der Waals surface area (Å²) >= 11 is 0. The van der Waals surface area contributed by atoms with E-state index in [4.69, 9.17) is 0 Å². The molecule has 1 saturated heterocycles. The summed E-state index contributed by atoms with van der Waals surface area (Å²) in [6, 6.07) is 9.18. The summed E-state index contributed by atoms with van der Waals surface area (Å²) in [6.45, 7) is 2.48. The van der Waals surface area contributed by atoms with Crippen LogP contribution in [0.15, 0.2) is 30.3 Å². The first-order chi connectivity index (χ1) is 11.1. The van der Waals surface area contributed by atoms with Crippen LogP contribution in [0.5, 0.6) is 0 Å². The molecule has 1 heterocycles. The van der Waals surface area contributed by atoms with E-state index in [1.54, 1.807) is 0 Å². The Bertz CT molecular complexity index is 581. The molecule has 6 heteroatoms. The molecule has 0 radical (unpaired) electrons. The van der Waals surface area contributed by atoms with E-state index in [0.29, 0.717) is 25.3 Å². The predicted molar refractivity (Wildman–Crippen MR) is 91.8 cm³/mol. The molecule has 2 N–H and O–H groups in total. The van der Waals surface area contributed by atoms with E-state index >= 15 is 0 Å². The third kappa shape index (κ3) is 7.14. The summed E-state index contributed by atoms with van der Waals surface area (Å²) in [7, 11) is -3.12. The Morgan fingerprint density at radius 2 is 2.04 bits per heavy atom. The average molecular weight is 338 g/mol. The van der Waals surface area contributed by atoms with Crippen LogP contribution in [-0.2, 0) is 20.4 Å². The molecule has 1 amide bonds. The van der Waals surface area contributed by atoms with Gasteiger partial charge in [0.2, 0.25) is 5.91 Å². The highest BCUT2D eigenvalue weighted by Gasteiger charge is 2.16. The van der Waals surface area contributed by atoms with Crippen LogP contribution in [0.3, 0.4) is 0 Å². The topological polar surface area (TPSA) is 75.3 Å². The molecule has 1 aliphatic rings. The number of amides is 1. The highest BCUT2D eigenvalue weighted by molar-refractivity contribution is 7.90. The van der Waals surface area contributed by atoms with Gasteiger partial charge < -0.3 is 10.6 Å². The Balaban J connectivity index is 1.59. The van der Waals surface area contributed by atoms with Gasteiger partial charge in [-0.25, -0.2) is 8.42 Å². The van der Waals surface area contributed by atoms with E-state index in [0.717, 1.165) is 31.5 Å². The van der Waals surface area contributed by atoms with Crippen molar-refractivity contribution in [2.24, 2.45) is 5.92 Å². The number of carbonyl (C=O) groups is 1. The van der Waals surface area contributed by atoms with E-state index in [-0.39, 0.29) is 17.4 Å². The quantitative estimate of drug-likeness (QED) is 0.669. The van der Waals surface area contributed by atoms with Crippen molar-refractivity contribution in [3.63, 3.8) is 0 Å². The third-order valence-electron chi connectivity index (χ3n) is 4.13. The zero-order chi connectivity index (χ0) is 16.5. The fourth-order valence-corrected chi connectivity index (χ4v) is 4.23. The van der Waals surface area contributed by atoms with Crippen LogP contribution in [0, 0.1) is 5.92 Å². The van der Waals surface area contributed by atoms with E-state index < -0.39 is 9.84 Å². The molecule has 128 valence electrons. The monoisotopic (exact) mass is 338 g/mol. The molecule has 1 unspecified atom stereocenters. The first kappa shape index (κ1) is 17.9. The number of rotatable bonds is 9. The average Bonchev–Trinajstić information content (AvgIpc) is 3.03. The maximum absolute atomic E-state index is 12.0. The summed E-state index contributed by atoms with van der Waals surface area (Å²) in [6.07, 6.45) is 3.05. The lowest BCUT2D eigenvalue weighted by atomic mass is 10.0. The molecule has 0 spiro atoms. The van der Waals surface area contributed by atoms with Crippen LogP contribution in [0.1, 0.15) is 31.2 Å². The number of benzene rings is 1. The van der Waals surface area contributed by atoms with Crippen molar-refractivity contribution in [2.75, 3.05) is 25.4 Å². The number of hydrogen-bond acceptors (Lipinski definition) is 4. The first-order valence-electron chi connectivity index (χ1n) is 8.27. The highest BCUT2D eigenvalue weighted by Crippen LogP contribution is 2.13. The van der Waals surface area contributed by atoms with Crippen LogP contribution in [0.2, 0.25) is 0 Å². The van der Waals surface area contributed by atoms with Crippen LogP contribution < -0.4 is 10.6 Å². The zero-order valence-corrected chi connectivity index (χ0v) is 14.3. The van der Waals surface area contributed by atoms with Gasteiger partial charge in [0.05, 0.1) is 11.5 Å². The van der Waals surface area contributed by atoms with Crippen molar-refractivity contribution >= 4 is 15.7 Å². The molecular weight excluding hydrogens is 312 g/mol. The maximum atomic E-state index is 12.0. The van der Waals surface area contributed by atoms with E-state index in [2.05, 4.69) is 10.6 Å². The fourth-order valence-electron chi connectivity index (χ4n) is 2.80. The largest absolute Gasteiger partial charge is 0.356 e. The second-order valence-electron chi connectivity index (χ2n) is 6.18. The molecule has 0 bridgehead atoms. The standard InChI is InChI=1S/C17H26N2O3S/c20-17(8-7-15-9-11-18-13-15)19-10-4-12-23(21,22)14-16-5-2-1-3-6-16/h1-3,5-6,15,18H,4,7-14H2,(H,19,20). The van der Waals surface area contributed by atoms with Crippen molar-refractivity contribution in [2.45, 2.75) is 31.4 Å². The molecule has 0 aliphatic carbocycles. The van der Waals surface area contributed by atoms with E-state index in [9.17, 15) is 13.2 Å². The van der Waals surface area contributed by atoms with Gasteiger partial charge in [-0.3, -0.25) is 4.79 Å². The predicted octanol–water partition coefficient (Wildman–Crippen LogP) is 1.50. The van der Waals surface area contributed by atoms with E-state index in [1.165, 1.54) is 0 Å². The lowest BCUT2D eigenvalue weighted by Gasteiger charge is -2.09. The Labute approximate surface area is 138 Å². The Morgan fingerprint density at radius 3 is 2.74 bits per heavy atom. The lowest BCUT2D eigenvalue weighted by molar-refractivity contribution is -0.121. The first-order valence-corrected chi connectivity index (χ1v) is 10.1. The molecule has 1 aromatic rings. The van der Waals surface area contributed by atoms with E-state index in [1.807, 2.05) is 30.3 Å². The summed E-state index contributed by atoms with van der Waals surface area (Å²) in [5.41, 5.74) is 0.807. The molecule has 5 nitrogen and oxygen atoms in total. The Hall–Kier alpha value is -1.40. The molecule has 1 fully saturated rings. The van der Waals surface area contributed by atoms with Gasteiger partial charge in [0.15, 0.2) is 9.84 Å². The van der Waals surface area contributed by atoms with Crippen LogP contribution >= 0.6 is 0 Å². The highest BCUT2D eigenvalue weighted by atomic mass is 32.2. The van der Waals surface area contributed by atoms with Gasteiger partial charge in [0.1, 0.15) is 0 Å². The summed E-state index contributed by atoms with van der Waals surface area (Å²) < 4.78 is 24.0. The fraction of sp³-hybridized carbons (Fsp3) is 0.588. The lowest BCUT2D eigenvalue weighted by Crippen LogP contribution is -2.26. The molecule has 1 atom stereocenters. The zero-order valence-electron chi connectivity index (χ0n) is 13.5. The molecule has 1 aromatic carbocycles. The molecule has 0 saturated carbocycles. The van der Waals surface area contributed by atoms with Gasteiger partial charge in [-0.15, -0.1) is 0 Å². The molecular formula is C17H26N2O3S. The van der Waals surface area contributed by atoms with Gasteiger partial charge >= 0.3 is 0 Å². The molecule has 0 aromatic heterocycles. The minimum atomic E-state index is -3.12. The molecule has 2 rings (SSSR count). The normalized spacial score (nSPS) is 18.0. The summed E-state index contributed by atoms with van der Waals surface area (Å²) in [4.78, 5) is 11.7. The van der Waals surface area contributed by atoms with Crippen molar-refractivity contribution in [1.82, 2.24) is 10.6 Å². The van der Waals surface area contributed by atoms with Crippen molar-refractivity contribution < 1.29 is 13.2 Å². The van der Waals surface area contributed by atoms with Gasteiger partial charge in [0, 0.05) is 13.0 Å². The minimum absolute atomic E-state index is 0.0253. The second kappa shape index (κ2) is 9.03. The van der Waals surface area contributed by atoms with Crippen molar-refractivity contribution in [3.8, 4) is 0 Å². The van der Waals surface area contributed by atoms with Gasteiger partial charge in [-0.2, -0.15) is 0 Å². The SMILES string of the molecule is O=C(CCC1CCNC1)NCCCS(=O)(=O)Cc1ccccc1. The smallest absolute Gasteiger partial charge is 0.220 e. The maximum Gasteiger partial charge on any atom is 0.220 e. The number of nitrogens with one attached hydrogen (secondary N) is 2. The van der Waals surface area contributed by atoms with Gasteiger partial charge in [0.25, 0.3) is 0 Å². The van der Waals surface area contributed by atoms with Crippen LogP contribution in [-0.4, -0.2) is 39.7 Å². The molecule has 1 aliphatic heterocycles. The Morgan fingerprint density at radius 1 is 1.26 bits per heavy atom. The van der Waals surface area contributed by atoms with Crippen molar-refractivity contribution in [1.29, 1.82) is 0 Å². The summed E-state index contributed by atoms with van der Waals surface area (Å²) in [5, 5.41) is 6.11.